The van der Waals surface area contributed by atoms with Gasteiger partial charge in [-0.3, -0.25) is 0 Å². The molecule has 2 aromatic rings. The van der Waals surface area contributed by atoms with E-state index in [1.807, 2.05) is 0 Å². The van der Waals surface area contributed by atoms with Crippen LogP contribution in [0.15, 0.2) is 30.6 Å². The molecule has 0 aliphatic heterocycles. The smallest absolute Gasteiger partial charge is 0.358 e. The van der Waals surface area contributed by atoms with Crippen molar-refractivity contribution in [3.8, 4) is 11.4 Å². The predicted octanol–water partition coefficient (Wildman–Crippen LogP) is 0.255. The van der Waals surface area contributed by atoms with Gasteiger partial charge in [-0.05, 0) is 22.6 Å². The van der Waals surface area contributed by atoms with Crippen molar-refractivity contribution in [3.05, 3.63) is 30.6 Å². The van der Waals surface area contributed by atoms with Gasteiger partial charge in [0.05, 0.1) is 5.69 Å². The fraction of sp³-hybridized carbons (Fsp3) is 0. The Labute approximate surface area is 89.9 Å². The fourth-order valence-electron chi connectivity index (χ4n) is 1.07. The average Bonchev–Trinajstić information content (AvgIpc) is 2.68. The van der Waals surface area contributed by atoms with E-state index in [2.05, 4.69) is 19.7 Å². The maximum Gasteiger partial charge on any atom is 0.488 e. The summed E-state index contributed by atoms with van der Waals surface area (Å²) in [7, 11) is -5.02. The van der Waals surface area contributed by atoms with E-state index in [9.17, 15) is 12.3 Å². The van der Waals surface area contributed by atoms with Crippen molar-refractivity contribution in [1.82, 2.24) is 20.2 Å². The van der Waals surface area contributed by atoms with Crippen LogP contribution in [0.25, 0.3) is 5.69 Å². The lowest BCUT2D eigenvalue weighted by atomic mass is 10.3. The summed E-state index contributed by atoms with van der Waals surface area (Å²) in [4.78, 5) is 0. The molecule has 84 valence electrons. The minimum absolute atomic E-state index is 0.157. The van der Waals surface area contributed by atoms with E-state index < -0.39 is 10.5 Å². The Kier molecular flexibility index (Phi) is 2.52. The summed E-state index contributed by atoms with van der Waals surface area (Å²) in [6.45, 7) is 0. The molecule has 1 aromatic carbocycles. The lowest BCUT2D eigenvalue weighted by Gasteiger charge is -2.02. The second kappa shape index (κ2) is 3.85. The number of aromatic nitrogens is 4. The monoisotopic (exact) mass is 244 g/mol. The number of hydrogen-bond acceptors (Lipinski definition) is 6. The van der Waals surface area contributed by atoms with Crippen LogP contribution in [-0.4, -0.2) is 28.6 Å². The van der Waals surface area contributed by atoms with Gasteiger partial charge in [-0.1, -0.05) is 9.95 Å². The van der Waals surface area contributed by atoms with E-state index in [0.717, 1.165) is 0 Å². The topological polar surface area (TPSA) is 87.0 Å². The quantitative estimate of drug-likeness (QED) is 0.719. The maximum absolute atomic E-state index is 12.3. The molecule has 0 atom stereocenters. The van der Waals surface area contributed by atoms with Crippen molar-refractivity contribution in [3.63, 3.8) is 0 Å². The Morgan fingerprint density at radius 2 is 2.19 bits per heavy atom. The van der Waals surface area contributed by atoms with Gasteiger partial charge in [0.2, 0.25) is 0 Å². The largest absolute Gasteiger partial charge is 0.488 e. The van der Waals surface area contributed by atoms with Crippen LogP contribution in [0, 0.1) is 0 Å². The molecule has 0 aliphatic carbocycles. The van der Waals surface area contributed by atoms with E-state index in [1.165, 1.54) is 29.2 Å². The molecule has 0 fully saturated rings. The minimum atomic E-state index is -5.02. The summed E-state index contributed by atoms with van der Waals surface area (Å²) in [5.74, 6) is -0.157. The third-order valence-corrected chi connectivity index (χ3v) is 2.02. The highest BCUT2D eigenvalue weighted by molar-refractivity contribution is 7.81. The van der Waals surface area contributed by atoms with E-state index in [-0.39, 0.29) is 5.75 Å². The molecule has 0 amide bonds. The van der Waals surface area contributed by atoms with Gasteiger partial charge in [-0.2, -0.15) is 8.42 Å². The fourth-order valence-corrected chi connectivity index (χ4v) is 1.41. The molecule has 0 spiro atoms. The van der Waals surface area contributed by atoms with Gasteiger partial charge >= 0.3 is 10.5 Å². The van der Waals surface area contributed by atoms with Gasteiger partial charge < -0.3 is 4.18 Å². The van der Waals surface area contributed by atoms with Gasteiger partial charge in [-0.15, -0.1) is 5.10 Å². The molecule has 2 rings (SSSR count). The van der Waals surface area contributed by atoms with E-state index in [1.54, 1.807) is 6.07 Å². The van der Waals surface area contributed by atoms with Crippen LogP contribution in [0.1, 0.15) is 0 Å². The Balaban J connectivity index is 2.34. The van der Waals surface area contributed by atoms with Crippen LogP contribution < -0.4 is 4.18 Å². The van der Waals surface area contributed by atoms with E-state index in [4.69, 9.17) is 0 Å². The molecule has 9 heteroatoms. The zero-order valence-corrected chi connectivity index (χ0v) is 8.50. The van der Waals surface area contributed by atoms with Crippen molar-refractivity contribution in [2.24, 2.45) is 0 Å². The number of halogens is 1. The molecular formula is C7H5FN4O3S. The summed E-state index contributed by atoms with van der Waals surface area (Å²) >= 11 is 0. The van der Waals surface area contributed by atoms with E-state index in [0.29, 0.717) is 5.69 Å². The molecule has 16 heavy (non-hydrogen) atoms. The summed E-state index contributed by atoms with van der Waals surface area (Å²) in [6.07, 6.45) is 1.31. The van der Waals surface area contributed by atoms with Crippen molar-refractivity contribution in [1.29, 1.82) is 0 Å². The highest BCUT2D eigenvalue weighted by Crippen LogP contribution is 2.17. The van der Waals surface area contributed by atoms with Crippen molar-refractivity contribution < 1.29 is 16.5 Å². The SMILES string of the molecule is O=S(=O)(F)Oc1cccc(-n2cnnn2)c1. The standard InChI is InChI=1S/C7H5FN4O3S/c8-16(13,14)15-7-3-1-2-6(4-7)12-5-9-10-11-12/h1-5H. The number of nitrogens with zero attached hydrogens (tertiary/aromatic N) is 4. The van der Waals surface area contributed by atoms with Crippen LogP contribution >= 0.6 is 0 Å². The first-order valence-corrected chi connectivity index (χ1v) is 5.33. The molecule has 0 unspecified atom stereocenters. The van der Waals surface area contributed by atoms with Crippen LogP contribution in [0.3, 0.4) is 0 Å². The molecule has 7 nitrogen and oxygen atoms in total. The minimum Gasteiger partial charge on any atom is -0.358 e. The van der Waals surface area contributed by atoms with Crippen LogP contribution in [0.4, 0.5) is 3.89 Å². The lowest BCUT2D eigenvalue weighted by Crippen LogP contribution is -2.02. The lowest BCUT2D eigenvalue weighted by molar-refractivity contribution is 0.440. The third-order valence-electron chi connectivity index (χ3n) is 1.63. The van der Waals surface area contributed by atoms with Crippen LogP contribution in [0.2, 0.25) is 0 Å². The summed E-state index contributed by atoms with van der Waals surface area (Å²) < 4.78 is 38.1. The molecule has 0 aliphatic rings. The summed E-state index contributed by atoms with van der Waals surface area (Å²) in [5, 5.41) is 10.4. The first-order chi connectivity index (χ1) is 7.54. The molecule has 1 heterocycles. The van der Waals surface area contributed by atoms with Crippen molar-refractivity contribution >= 4 is 10.5 Å². The second-order valence-corrected chi connectivity index (χ2v) is 3.68. The first kappa shape index (κ1) is 10.5. The molecule has 1 aromatic heterocycles. The molecule has 0 saturated carbocycles. The molecule has 0 saturated heterocycles. The van der Waals surface area contributed by atoms with Crippen LogP contribution in [0.5, 0.6) is 5.75 Å². The summed E-state index contributed by atoms with van der Waals surface area (Å²) in [5.41, 5.74) is 0.450. The van der Waals surface area contributed by atoms with Gasteiger partial charge in [0.1, 0.15) is 12.1 Å². The second-order valence-electron chi connectivity index (χ2n) is 2.73. The molecule has 0 radical (unpaired) electrons. The highest BCUT2D eigenvalue weighted by atomic mass is 32.3. The Hall–Kier alpha value is -2.03. The van der Waals surface area contributed by atoms with Gasteiger partial charge in [0.25, 0.3) is 0 Å². The Bertz CT molecular complexity index is 583. The van der Waals surface area contributed by atoms with Gasteiger partial charge in [0.15, 0.2) is 0 Å². The molecular weight excluding hydrogens is 239 g/mol. The number of hydrogen-bond donors (Lipinski definition) is 0. The zero-order chi connectivity index (χ0) is 11.6. The Morgan fingerprint density at radius 3 is 2.81 bits per heavy atom. The van der Waals surface area contributed by atoms with Crippen molar-refractivity contribution in [2.75, 3.05) is 0 Å². The number of rotatable bonds is 3. The number of benzene rings is 1. The summed E-state index contributed by atoms with van der Waals surface area (Å²) in [6, 6.07) is 5.67. The van der Waals surface area contributed by atoms with Crippen molar-refractivity contribution in [2.45, 2.75) is 0 Å². The predicted molar refractivity (Wildman–Crippen MR) is 49.8 cm³/mol. The zero-order valence-electron chi connectivity index (χ0n) is 7.69. The van der Waals surface area contributed by atoms with Crippen LogP contribution in [-0.2, 0) is 10.5 Å². The first-order valence-electron chi connectivity index (χ1n) is 4.02. The normalized spacial score (nSPS) is 11.3. The average molecular weight is 244 g/mol. The maximum atomic E-state index is 12.3. The van der Waals surface area contributed by atoms with Gasteiger partial charge in [0, 0.05) is 6.07 Å². The highest BCUT2D eigenvalue weighted by Gasteiger charge is 2.10. The van der Waals surface area contributed by atoms with E-state index >= 15 is 0 Å². The third kappa shape index (κ3) is 2.51. The molecule has 0 N–H and O–H groups in total. The Morgan fingerprint density at radius 1 is 1.38 bits per heavy atom. The van der Waals surface area contributed by atoms with Gasteiger partial charge in [-0.25, -0.2) is 4.68 Å². The number of tetrazole rings is 1. The molecule has 0 bridgehead atoms.